The molecule has 0 spiro atoms. The second kappa shape index (κ2) is 12.3. The number of benzene rings is 1. The summed E-state index contributed by atoms with van der Waals surface area (Å²) in [6, 6.07) is 11.3. The van der Waals surface area contributed by atoms with E-state index in [1.165, 1.54) is 57.7 Å². The van der Waals surface area contributed by atoms with Crippen molar-refractivity contribution in [2.75, 3.05) is 66.0 Å². The van der Waals surface area contributed by atoms with Gasteiger partial charge in [-0.3, -0.25) is 9.89 Å². The van der Waals surface area contributed by atoms with Gasteiger partial charge in [-0.2, -0.15) is 0 Å². The molecule has 2 aliphatic heterocycles. The zero-order valence-corrected chi connectivity index (χ0v) is 19.3. The highest BCUT2D eigenvalue weighted by Crippen LogP contribution is 2.14. The molecular formula is C24H42N6. The van der Waals surface area contributed by atoms with Crippen molar-refractivity contribution in [3.8, 4) is 0 Å². The molecule has 0 aliphatic carbocycles. The van der Waals surface area contributed by atoms with E-state index in [9.17, 15) is 0 Å². The molecule has 0 bridgehead atoms. The van der Waals surface area contributed by atoms with E-state index in [0.29, 0.717) is 12.0 Å². The fraction of sp³-hybridized carbons (Fsp3) is 0.708. The second-order valence-corrected chi connectivity index (χ2v) is 8.97. The molecule has 0 amide bonds. The summed E-state index contributed by atoms with van der Waals surface area (Å²) in [5, 5.41) is 7.22. The van der Waals surface area contributed by atoms with E-state index in [-0.39, 0.29) is 0 Å². The molecule has 0 saturated carbocycles. The lowest BCUT2D eigenvalue weighted by Crippen LogP contribution is -2.50. The van der Waals surface area contributed by atoms with Gasteiger partial charge in [-0.05, 0) is 30.9 Å². The highest BCUT2D eigenvalue weighted by atomic mass is 15.3. The molecule has 1 atom stereocenters. The molecule has 168 valence electrons. The molecule has 30 heavy (non-hydrogen) atoms. The van der Waals surface area contributed by atoms with Crippen LogP contribution in [-0.4, -0.2) is 92.7 Å². The lowest BCUT2D eigenvalue weighted by Gasteiger charge is -2.35. The van der Waals surface area contributed by atoms with E-state index < -0.39 is 0 Å². The van der Waals surface area contributed by atoms with Crippen molar-refractivity contribution in [3.05, 3.63) is 35.9 Å². The van der Waals surface area contributed by atoms with Gasteiger partial charge in [-0.1, -0.05) is 44.2 Å². The molecule has 1 aromatic rings. The third kappa shape index (κ3) is 7.56. The summed E-state index contributed by atoms with van der Waals surface area (Å²) >= 11 is 0. The molecule has 0 radical (unpaired) electrons. The minimum absolute atomic E-state index is 0.514. The summed E-state index contributed by atoms with van der Waals surface area (Å²) in [5.41, 5.74) is 1.41. The van der Waals surface area contributed by atoms with Crippen molar-refractivity contribution in [2.24, 2.45) is 10.9 Å². The summed E-state index contributed by atoms with van der Waals surface area (Å²) in [4.78, 5) is 12.2. The molecule has 2 heterocycles. The van der Waals surface area contributed by atoms with Gasteiger partial charge in [0.25, 0.3) is 0 Å². The quantitative estimate of drug-likeness (QED) is 0.504. The van der Waals surface area contributed by atoms with E-state index >= 15 is 0 Å². The first-order valence-electron chi connectivity index (χ1n) is 11.8. The molecule has 6 heteroatoms. The minimum Gasteiger partial charge on any atom is -0.356 e. The van der Waals surface area contributed by atoms with E-state index in [0.717, 1.165) is 32.1 Å². The molecule has 3 rings (SSSR count). The lowest BCUT2D eigenvalue weighted by atomic mass is 10.0. The first-order valence-corrected chi connectivity index (χ1v) is 11.8. The first-order chi connectivity index (χ1) is 14.7. The average Bonchev–Trinajstić information content (AvgIpc) is 2.79. The van der Waals surface area contributed by atoms with E-state index in [2.05, 4.69) is 74.5 Å². The number of nitrogens with zero attached hydrogens (tertiary/aromatic N) is 4. The van der Waals surface area contributed by atoms with Gasteiger partial charge in [-0.25, -0.2) is 0 Å². The average molecular weight is 415 g/mol. The van der Waals surface area contributed by atoms with Crippen LogP contribution in [0.5, 0.6) is 0 Å². The molecule has 2 fully saturated rings. The number of likely N-dealkylation sites (tertiary alicyclic amines) is 1. The van der Waals surface area contributed by atoms with E-state index in [1.54, 1.807) is 0 Å². The Morgan fingerprint density at radius 2 is 1.67 bits per heavy atom. The Bertz CT molecular complexity index is 618. The van der Waals surface area contributed by atoms with Gasteiger partial charge in [-0.15, -0.1) is 0 Å². The first kappa shape index (κ1) is 23.0. The summed E-state index contributed by atoms with van der Waals surface area (Å²) in [6.45, 7) is 16.1. The maximum absolute atomic E-state index is 4.47. The Morgan fingerprint density at radius 1 is 1.00 bits per heavy atom. The number of piperidine rings is 1. The zero-order chi connectivity index (χ0) is 21.2. The largest absolute Gasteiger partial charge is 0.356 e. The van der Waals surface area contributed by atoms with Gasteiger partial charge in [0.15, 0.2) is 5.96 Å². The number of likely N-dealkylation sites (N-methyl/N-ethyl adjacent to an activating group) is 1. The van der Waals surface area contributed by atoms with Crippen LogP contribution in [0.15, 0.2) is 35.3 Å². The molecule has 1 aromatic carbocycles. The van der Waals surface area contributed by atoms with Crippen LogP contribution in [0.3, 0.4) is 0 Å². The number of nitrogens with one attached hydrogen (secondary N) is 2. The Morgan fingerprint density at radius 3 is 2.30 bits per heavy atom. The van der Waals surface area contributed by atoms with Gasteiger partial charge in [0.05, 0.1) is 0 Å². The molecule has 1 unspecified atom stereocenters. The topological polar surface area (TPSA) is 46.1 Å². The Hall–Kier alpha value is -1.63. The summed E-state index contributed by atoms with van der Waals surface area (Å²) in [7, 11) is 1.88. The molecular weight excluding hydrogens is 372 g/mol. The van der Waals surface area contributed by atoms with Crippen molar-refractivity contribution in [2.45, 2.75) is 39.3 Å². The Labute approximate surface area is 183 Å². The van der Waals surface area contributed by atoms with Crippen LogP contribution in [0, 0.1) is 5.92 Å². The van der Waals surface area contributed by atoms with Crippen LogP contribution < -0.4 is 10.6 Å². The fourth-order valence-electron chi connectivity index (χ4n) is 4.53. The summed E-state index contributed by atoms with van der Waals surface area (Å²) in [6.07, 6.45) is 2.34. The van der Waals surface area contributed by atoms with Crippen LogP contribution in [0.2, 0.25) is 0 Å². The predicted molar refractivity (Wildman–Crippen MR) is 127 cm³/mol. The van der Waals surface area contributed by atoms with Crippen LogP contribution >= 0.6 is 0 Å². The van der Waals surface area contributed by atoms with Crippen LogP contribution in [0.1, 0.15) is 32.3 Å². The highest BCUT2D eigenvalue weighted by Gasteiger charge is 2.21. The van der Waals surface area contributed by atoms with Crippen LogP contribution in [0.25, 0.3) is 0 Å². The summed E-state index contributed by atoms with van der Waals surface area (Å²) < 4.78 is 0. The van der Waals surface area contributed by atoms with Crippen molar-refractivity contribution in [1.29, 1.82) is 0 Å². The smallest absolute Gasteiger partial charge is 0.191 e. The number of aliphatic imine (C=N–C) groups is 1. The van der Waals surface area contributed by atoms with Crippen molar-refractivity contribution in [1.82, 2.24) is 25.3 Å². The molecule has 6 nitrogen and oxygen atoms in total. The second-order valence-electron chi connectivity index (χ2n) is 8.97. The predicted octanol–water partition coefficient (Wildman–Crippen LogP) is 2.09. The van der Waals surface area contributed by atoms with Crippen molar-refractivity contribution >= 4 is 5.96 Å². The standard InChI is InChI=1S/C24H42N6/c1-4-28-14-16-30(17-15-28)19-21(2)18-26-24(25-3)27-23-10-12-29(13-11-23)20-22-8-6-5-7-9-22/h5-9,21,23H,4,10-20H2,1-3H3,(H2,25,26,27). The monoisotopic (exact) mass is 414 g/mol. The number of piperazine rings is 1. The van der Waals surface area contributed by atoms with Crippen molar-refractivity contribution in [3.63, 3.8) is 0 Å². The number of hydrogen-bond donors (Lipinski definition) is 2. The van der Waals surface area contributed by atoms with Crippen LogP contribution in [-0.2, 0) is 6.54 Å². The number of hydrogen-bond acceptors (Lipinski definition) is 4. The van der Waals surface area contributed by atoms with Gasteiger partial charge in [0.1, 0.15) is 0 Å². The molecule has 2 aliphatic rings. The third-order valence-electron chi connectivity index (χ3n) is 6.50. The van der Waals surface area contributed by atoms with Crippen LogP contribution in [0.4, 0.5) is 0 Å². The number of guanidine groups is 1. The fourth-order valence-corrected chi connectivity index (χ4v) is 4.53. The maximum atomic E-state index is 4.47. The maximum Gasteiger partial charge on any atom is 0.191 e. The Kier molecular flexibility index (Phi) is 9.43. The third-order valence-corrected chi connectivity index (χ3v) is 6.50. The molecule has 2 saturated heterocycles. The SMILES string of the molecule is CCN1CCN(CC(C)CNC(=NC)NC2CCN(Cc3ccccc3)CC2)CC1. The van der Waals surface area contributed by atoms with E-state index in [4.69, 9.17) is 0 Å². The van der Waals surface area contributed by atoms with Gasteiger partial charge in [0, 0.05) is 72.0 Å². The Balaban J connectivity index is 1.32. The normalized spacial score (nSPS) is 21.5. The van der Waals surface area contributed by atoms with E-state index in [1.807, 2.05) is 7.05 Å². The van der Waals surface area contributed by atoms with Gasteiger partial charge in [0.2, 0.25) is 0 Å². The van der Waals surface area contributed by atoms with Crippen molar-refractivity contribution < 1.29 is 0 Å². The summed E-state index contributed by atoms with van der Waals surface area (Å²) in [5.74, 6) is 1.57. The lowest BCUT2D eigenvalue weighted by molar-refractivity contribution is 0.124. The number of rotatable bonds is 8. The zero-order valence-electron chi connectivity index (χ0n) is 19.3. The van der Waals surface area contributed by atoms with Gasteiger partial charge >= 0.3 is 0 Å². The van der Waals surface area contributed by atoms with Gasteiger partial charge < -0.3 is 20.4 Å². The highest BCUT2D eigenvalue weighted by molar-refractivity contribution is 5.79. The molecule has 0 aromatic heterocycles. The molecule has 2 N–H and O–H groups in total. The minimum atomic E-state index is 0.514.